The van der Waals surface area contributed by atoms with Gasteiger partial charge in [-0.25, -0.2) is 0 Å². The van der Waals surface area contributed by atoms with Crippen molar-refractivity contribution in [2.24, 2.45) is 0 Å². The molecule has 0 bridgehead atoms. The summed E-state index contributed by atoms with van der Waals surface area (Å²) in [6, 6.07) is 13.3. The number of carbonyl (C=O) groups is 2. The molecule has 23 heavy (non-hydrogen) atoms. The third-order valence-electron chi connectivity index (χ3n) is 3.91. The maximum Gasteiger partial charge on any atom is 0.302 e. The zero-order valence-electron chi connectivity index (χ0n) is 14.1. The molecule has 0 spiro atoms. The lowest BCUT2D eigenvalue weighted by Crippen LogP contribution is -2.22. The first-order chi connectivity index (χ1) is 10.9. The van der Waals surface area contributed by atoms with Crippen molar-refractivity contribution in [1.82, 2.24) is 0 Å². The number of Topliss-reactive ketones (excluding diaryl/α,β-unsaturated/α-hetero) is 1. The van der Waals surface area contributed by atoms with Gasteiger partial charge in [-0.3, -0.25) is 9.59 Å². The van der Waals surface area contributed by atoms with Crippen LogP contribution in [0.15, 0.2) is 42.5 Å². The molecular weight excluding hydrogens is 288 g/mol. The van der Waals surface area contributed by atoms with Gasteiger partial charge in [0.2, 0.25) is 0 Å². The van der Waals surface area contributed by atoms with E-state index in [0.29, 0.717) is 5.56 Å². The van der Waals surface area contributed by atoms with Crippen LogP contribution in [0.4, 0.5) is 0 Å². The van der Waals surface area contributed by atoms with E-state index < -0.39 is 5.92 Å². The molecule has 3 nitrogen and oxygen atoms in total. The van der Waals surface area contributed by atoms with Crippen LogP contribution in [0.5, 0.6) is 0 Å². The lowest BCUT2D eigenvalue weighted by Gasteiger charge is -2.21. The number of ketones is 1. The van der Waals surface area contributed by atoms with E-state index in [-0.39, 0.29) is 18.4 Å². The van der Waals surface area contributed by atoms with Crippen molar-refractivity contribution in [3.8, 4) is 0 Å². The molecule has 0 amide bonds. The molecule has 0 heterocycles. The number of hydrogen-bond acceptors (Lipinski definition) is 3. The Bertz CT molecular complexity index is 694. The highest BCUT2D eigenvalue weighted by Gasteiger charge is 2.26. The minimum atomic E-state index is -0.484. The summed E-state index contributed by atoms with van der Waals surface area (Å²) in [4.78, 5) is 24.2. The van der Waals surface area contributed by atoms with Crippen LogP contribution >= 0.6 is 0 Å². The minimum Gasteiger partial charge on any atom is -0.465 e. The Morgan fingerprint density at radius 3 is 2.09 bits per heavy atom. The number of aryl methyl sites for hydroxylation is 3. The second-order valence-corrected chi connectivity index (χ2v) is 5.90. The lowest BCUT2D eigenvalue weighted by molar-refractivity contribution is -0.141. The van der Waals surface area contributed by atoms with Crippen molar-refractivity contribution in [2.45, 2.75) is 33.6 Å². The highest BCUT2D eigenvalue weighted by atomic mass is 16.5. The molecule has 0 N–H and O–H groups in total. The normalized spacial score (nSPS) is 11.8. The molecular formula is C20H22O3. The Morgan fingerprint density at radius 2 is 1.57 bits per heavy atom. The molecule has 0 aliphatic heterocycles. The average Bonchev–Trinajstić information content (AvgIpc) is 2.49. The number of hydrogen-bond donors (Lipinski definition) is 0. The first-order valence-corrected chi connectivity index (χ1v) is 7.70. The molecule has 0 aromatic heterocycles. The van der Waals surface area contributed by atoms with E-state index in [1.54, 1.807) is 12.1 Å². The Balaban J connectivity index is 2.46. The van der Waals surface area contributed by atoms with Crippen molar-refractivity contribution < 1.29 is 14.3 Å². The molecule has 120 valence electrons. The van der Waals surface area contributed by atoms with Crippen molar-refractivity contribution >= 4 is 11.8 Å². The number of ether oxygens (including phenoxy) is 1. The monoisotopic (exact) mass is 310 g/mol. The lowest BCUT2D eigenvalue weighted by atomic mass is 9.85. The third-order valence-corrected chi connectivity index (χ3v) is 3.91. The van der Waals surface area contributed by atoms with Gasteiger partial charge in [0.05, 0.1) is 5.92 Å². The number of carbonyl (C=O) groups excluding carboxylic acids is 2. The zero-order valence-corrected chi connectivity index (χ0v) is 14.1. The predicted molar refractivity (Wildman–Crippen MR) is 90.8 cm³/mol. The van der Waals surface area contributed by atoms with E-state index in [1.165, 1.54) is 6.92 Å². The van der Waals surface area contributed by atoms with E-state index in [1.807, 2.05) is 39.0 Å². The summed E-state index contributed by atoms with van der Waals surface area (Å²) in [6.07, 6.45) is 0. The van der Waals surface area contributed by atoms with Gasteiger partial charge >= 0.3 is 5.97 Å². The second-order valence-electron chi connectivity index (χ2n) is 5.90. The molecule has 1 atom stereocenters. The number of benzene rings is 2. The summed E-state index contributed by atoms with van der Waals surface area (Å²) in [6.45, 7) is 7.44. The van der Waals surface area contributed by atoms with Gasteiger partial charge < -0.3 is 4.74 Å². The second kappa shape index (κ2) is 7.23. The van der Waals surface area contributed by atoms with Crippen LogP contribution in [0.25, 0.3) is 0 Å². The van der Waals surface area contributed by atoms with Gasteiger partial charge in [-0.2, -0.15) is 0 Å². The van der Waals surface area contributed by atoms with E-state index >= 15 is 0 Å². The molecule has 0 aliphatic carbocycles. The summed E-state index contributed by atoms with van der Waals surface area (Å²) in [5.41, 5.74) is 4.82. The SMILES string of the molecule is CC(=O)OCC(C(=O)c1ccccc1)c1c(C)cc(C)cc1C. The molecule has 2 aromatic carbocycles. The van der Waals surface area contributed by atoms with Gasteiger partial charge in [0.25, 0.3) is 0 Å². The summed E-state index contributed by atoms with van der Waals surface area (Å²) in [5, 5.41) is 0. The van der Waals surface area contributed by atoms with Gasteiger partial charge in [-0.15, -0.1) is 0 Å². The number of esters is 1. The first-order valence-electron chi connectivity index (χ1n) is 7.70. The average molecular weight is 310 g/mol. The van der Waals surface area contributed by atoms with Gasteiger partial charge in [-0.05, 0) is 37.5 Å². The molecule has 1 unspecified atom stereocenters. The van der Waals surface area contributed by atoms with Crippen molar-refractivity contribution in [2.75, 3.05) is 6.61 Å². The molecule has 2 rings (SSSR count). The Morgan fingerprint density at radius 1 is 1.00 bits per heavy atom. The van der Waals surface area contributed by atoms with Crippen molar-refractivity contribution in [1.29, 1.82) is 0 Å². The Hall–Kier alpha value is -2.42. The smallest absolute Gasteiger partial charge is 0.302 e. The summed E-state index contributed by atoms with van der Waals surface area (Å²) < 4.78 is 5.18. The minimum absolute atomic E-state index is 0.0260. The van der Waals surface area contributed by atoms with Crippen LogP contribution in [0.2, 0.25) is 0 Å². The highest BCUT2D eigenvalue weighted by molar-refractivity contribution is 6.01. The molecule has 2 aromatic rings. The van der Waals surface area contributed by atoms with E-state index in [2.05, 4.69) is 12.1 Å². The van der Waals surface area contributed by atoms with Crippen molar-refractivity contribution in [3.05, 3.63) is 70.3 Å². The van der Waals surface area contributed by atoms with Gasteiger partial charge in [0, 0.05) is 12.5 Å². The molecule has 0 aliphatic rings. The van der Waals surface area contributed by atoms with Crippen LogP contribution in [-0.2, 0) is 9.53 Å². The largest absolute Gasteiger partial charge is 0.465 e. The quantitative estimate of drug-likeness (QED) is 0.616. The summed E-state index contributed by atoms with van der Waals surface area (Å²) in [7, 11) is 0. The van der Waals surface area contributed by atoms with Gasteiger partial charge in [0.15, 0.2) is 5.78 Å². The van der Waals surface area contributed by atoms with Crippen molar-refractivity contribution in [3.63, 3.8) is 0 Å². The van der Waals surface area contributed by atoms with Crippen LogP contribution in [0, 0.1) is 20.8 Å². The Labute approximate surface area is 137 Å². The topological polar surface area (TPSA) is 43.4 Å². The van der Waals surface area contributed by atoms with Crippen LogP contribution in [-0.4, -0.2) is 18.4 Å². The molecule has 0 saturated heterocycles. The van der Waals surface area contributed by atoms with Gasteiger partial charge in [-0.1, -0.05) is 48.0 Å². The molecule has 0 radical (unpaired) electrons. The highest BCUT2D eigenvalue weighted by Crippen LogP contribution is 2.29. The number of rotatable bonds is 5. The fourth-order valence-corrected chi connectivity index (χ4v) is 3.04. The van der Waals surface area contributed by atoms with Crippen LogP contribution in [0.1, 0.15) is 45.5 Å². The molecule has 0 saturated carbocycles. The molecule has 3 heteroatoms. The maximum absolute atomic E-state index is 13.0. The van der Waals surface area contributed by atoms with E-state index in [0.717, 1.165) is 22.3 Å². The molecule has 0 fully saturated rings. The van der Waals surface area contributed by atoms with E-state index in [4.69, 9.17) is 4.74 Å². The Kier molecular flexibility index (Phi) is 5.32. The third kappa shape index (κ3) is 4.07. The fourth-order valence-electron chi connectivity index (χ4n) is 3.04. The van der Waals surface area contributed by atoms with Gasteiger partial charge in [0.1, 0.15) is 6.61 Å². The first kappa shape index (κ1) is 16.9. The maximum atomic E-state index is 13.0. The zero-order chi connectivity index (χ0) is 17.0. The van der Waals surface area contributed by atoms with E-state index in [9.17, 15) is 9.59 Å². The summed E-state index contributed by atoms with van der Waals surface area (Å²) >= 11 is 0. The predicted octanol–water partition coefficient (Wildman–Crippen LogP) is 4.14. The fraction of sp³-hybridized carbons (Fsp3) is 0.300. The standard InChI is InChI=1S/C20H22O3/c1-13-10-14(2)19(15(3)11-13)18(12-23-16(4)21)20(22)17-8-6-5-7-9-17/h5-11,18H,12H2,1-4H3. The summed E-state index contributed by atoms with van der Waals surface area (Å²) in [5.74, 6) is -0.887. The van der Waals surface area contributed by atoms with Crippen LogP contribution in [0.3, 0.4) is 0 Å². The van der Waals surface area contributed by atoms with Crippen LogP contribution < -0.4 is 0 Å².